The van der Waals surface area contributed by atoms with Gasteiger partial charge in [0, 0.05) is 6.20 Å². The summed E-state index contributed by atoms with van der Waals surface area (Å²) in [6.07, 6.45) is 5.03. The highest BCUT2D eigenvalue weighted by Crippen LogP contribution is 2.24. The standard InChI is InChI=1S/C10H9N5S/c1-2-16-9-8(1)14-6-15-10(9)12-4-7-3-11-5-13-7/h1-3,5-6H,4H2,(H,11,13)(H,12,14,15). The molecule has 0 aliphatic carbocycles. The summed E-state index contributed by atoms with van der Waals surface area (Å²) in [7, 11) is 0. The highest BCUT2D eigenvalue weighted by molar-refractivity contribution is 7.17. The minimum Gasteiger partial charge on any atom is -0.363 e. The number of aromatic amines is 1. The molecule has 3 aromatic heterocycles. The van der Waals surface area contributed by atoms with E-state index < -0.39 is 0 Å². The zero-order chi connectivity index (χ0) is 10.8. The number of hydrogen-bond acceptors (Lipinski definition) is 5. The van der Waals surface area contributed by atoms with Crippen LogP contribution in [-0.4, -0.2) is 19.9 Å². The van der Waals surface area contributed by atoms with Crippen molar-refractivity contribution in [2.24, 2.45) is 0 Å². The Morgan fingerprint density at radius 2 is 2.38 bits per heavy atom. The zero-order valence-electron chi connectivity index (χ0n) is 8.34. The van der Waals surface area contributed by atoms with Gasteiger partial charge in [-0.3, -0.25) is 0 Å². The Bertz CT molecular complexity index is 586. The number of thiophene rings is 1. The molecule has 0 atom stereocenters. The second-order valence-electron chi connectivity index (χ2n) is 3.29. The Morgan fingerprint density at radius 1 is 1.38 bits per heavy atom. The van der Waals surface area contributed by atoms with E-state index in [0.29, 0.717) is 6.54 Å². The molecule has 0 aliphatic heterocycles. The first-order valence-electron chi connectivity index (χ1n) is 4.83. The Labute approximate surface area is 95.6 Å². The van der Waals surface area contributed by atoms with E-state index in [1.807, 2.05) is 11.4 Å². The Morgan fingerprint density at radius 3 is 3.25 bits per heavy atom. The predicted molar refractivity (Wildman–Crippen MR) is 63.3 cm³/mol. The van der Waals surface area contributed by atoms with E-state index in [2.05, 4.69) is 25.3 Å². The predicted octanol–water partition coefficient (Wildman–Crippen LogP) is 2.03. The molecule has 6 heteroatoms. The first-order valence-corrected chi connectivity index (χ1v) is 5.71. The Hall–Kier alpha value is -1.95. The Balaban J connectivity index is 1.86. The third-order valence-electron chi connectivity index (χ3n) is 2.24. The van der Waals surface area contributed by atoms with Crippen molar-refractivity contribution >= 4 is 27.4 Å². The molecule has 3 aromatic rings. The molecule has 0 unspecified atom stereocenters. The lowest BCUT2D eigenvalue weighted by Gasteiger charge is -2.03. The number of fused-ring (bicyclic) bond motifs is 1. The average Bonchev–Trinajstić information content (AvgIpc) is 2.97. The summed E-state index contributed by atoms with van der Waals surface area (Å²) in [4.78, 5) is 15.4. The first-order chi connectivity index (χ1) is 7.93. The summed E-state index contributed by atoms with van der Waals surface area (Å²) < 4.78 is 1.09. The quantitative estimate of drug-likeness (QED) is 0.723. The van der Waals surface area contributed by atoms with Gasteiger partial charge in [-0.15, -0.1) is 11.3 Å². The van der Waals surface area contributed by atoms with Crippen molar-refractivity contribution < 1.29 is 0 Å². The van der Waals surface area contributed by atoms with Crippen LogP contribution in [0.15, 0.2) is 30.3 Å². The lowest BCUT2D eigenvalue weighted by Crippen LogP contribution is -2.01. The van der Waals surface area contributed by atoms with Crippen LogP contribution in [0, 0.1) is 0 Å². The number of hydrogen-bond donors (Lipinski definition) is 2. The van der Waals surface area contributed by atoms with Gasteiger partial charge in [-0.1, -0.05) is 0 Å². The number of H-pyrrole nitrogens is 1. The van der Waals surface area contributed by atoms with Gasteiger partial charge in [0.2, 0.25) is 0 Å². The fourth-order valence-electron chi connectivity index (χ4n) is 1.48. The van der Waals surface area contributed by atoms with Crippen LogP contribution >= 0.6 is 11.3 Å². The monoisotopic (exact) mass is 231 g/mol. The number of nitrogens with zero attached hydrogens (tertiary/aromatic N) is 3. The van der Waals surface area contributed by atoms with Gasteiger partial charge < -0.3 is 10.3 Å². The molecule has 16 heavy (non-hydrogen) atoms. The van der Waals surface area contributed by atoms with Gasteiger partial charge in [-0.2, -0.15) is 0 Å². The van der Waals surface area contributed by atoms with E-state index in [1.54, 1.807) is 30.2 Å². The normalized spacial score (nSPS) is 10.8. The number of imidazole rings is 1. The summed E-state index contributed by atoms with van der Waals surface area (Å²) in [5.41, 5.74) is 2.01. The minimum absolute atomic E-state index is 0.685. The number of nitrogens with one attached hydrogen (secondary N) is 2. The zero-order valence-corrected chi connectivity index (χ0v) is 9.16. The van der Waals surface area contributed by atoms with Gasteiger partial charge >= 0.3 is 0 Å². The van der Waals surface area contributed by atoms with Gasteiger partial charge in [0.25, 0.3) is 0 Å². The van der Waals surface area contributed by atoms with Gasteiger partial charge in [0.15, 0.2) is 0 Å². The molecule has 0 saturated heterocycles. The van der Waals surface area contributed by atoms with Crippen LogP contribution in [0.3, 0.4) is 0 Å². The van der Waals surface area contributed by atoms with Crippen LogP contribution < -0.4 is 5.32 Å². The minimum atomic E-state index is 0.685. The number of aromatic nitrogens is 4. The summed E-state index contributed by atoms with van der Waals surface area (Å²) >= 11 is 1.64. The molecule has 5 nitrogen and oxygen atoms in total. The van der Waals surface area contributed by atoms with Crippen LogP contribution in [0.25, 0.3) is 10.2 Å². The van der Waals surface area contributed by atoms with Gasteiger partial charge in [-0.25, -0.2) is 15.0 Å². The molecule has 0 saturated carbocycles. The van der Waals surface area contributed by atoms with Gasteiger partial charge in [-0.05, 0) is 11.4 Å². The van der Waals surface area contributed by atoms with E-state index in [9.17, 15) is 0 Å². The van der Waals surface area contributed by atoms with Crippen molar-refractivity contribution in [3.8, 4) is 0 Å². The fourth-order valence-corrected chi connectivity index (χ4v) is 2.29. The highest BCUT2D eigenvalue weighted by atomic mass is 32.1. The van der Waals surface area contributed by atoms with E-state index in [1.165, 1.54) is 0 Å². The third kappa shape index (κ3) is 1.63. The highest BCUT2D eigenvalue weighted by Gasteiger charge is 2.04. The summed E-state index contributed by atoms with van der Waals surface area (Å²) in [6, 6.07) is 1.99. The van der Waals surface area contributed by atoms with Crippen molar-refractivity contribution in [2.45, 2.75) is 6.54 Å². The average molecular weight is 231 g/mol. The molecule has 0 radical (unpaired) electrons. The molecule has 3 rings (SSSR count). The van der Waals surface area contributed by atoms with E-state index in [0.717, 1.165) is 21.7 Å². The van der Waals surface area contributed by atoms with Crippen molar-refractivity contribution in [3.05, 3.63) is 36.0 Å². The summed E-state index contributed by atoms with van der Waals surface area (Å²) in [5.74, 6) is 0.870. The molecular weight excluding hydrogens is 222 g/mol. The Kier molecular flexibility index (Phi) is 2.26. The van der Waals surface area contributed by atoms with Crippen molar-refractivity contribution in [1.29, 1.82) is 0 Å². The third-order valence-corrected chi connectivity index (χ3v) is 3.15. The summed E-state index contributed by atoms with van der Waals surface area (Å²) in [5, 5.41) is 5.28. The molecule has 0 spiro atoms. The maximum absolute atomic E-state index is 4.23. The molecule has 80 valence electrons. The van der Waals surface area contributed by atoms with Crippen LogP contribution in [0.4, 0.5) is 5.82 Å². The lowest BCUT2D eigenvalue weighted by atomic mass is 10.4. The molecule has 0 aliphatic rings. The summed E-state index contributed by atoms with van der Waals surface area (Å²) in [6.45, 7) is 0.685. The van der Waals surface area contributed by atoms with Crippen molar-refractivity contribution in [1.82, 2.24) is 19.9 Å². The molecule has 0 bridgehead atoms. The SMILES string of the molecule is c1nc(NCc2cnc[nH]2)c2sccc2n1. The van der Waals surface area contributed by atoms with Crippen molar-refractivity contribution in [2.75, 3.05) is 5.32 Å². The smallest absolute Gasteiger partial charge is 0.147 e. The molecule has 0 fully saturated rings. The topological polar surface area (TPSA) is 66.5 Å². The van der Waals surface area contributed by atoms with Crippen LogP contribution in [-0.2, 0) is 6.54 Å². The van der Waals surface area contributed by atoms with Crippen LogP contribution in [0.5, 0.6) is 0 Å². The van der Waals surface area contributed by atoms with E-state index >= 15 is 0 Å². The van der Waals surface area contributed by atoms with E-state index in [4.69, 9.17) is 0 Å². The number of anilines is 1. The molecule has 2 N–H and O–H groups in total. The maximum Gasteiger partial charge on any atom is 0.147 e. The number of rotatable bonds is 3. The van der Waals surface area contributed by atoms with E-state index in [-0.39, 0.29) is 0 Å². The molecule has 3 heterocycles. The van der Waals surface area contributed by atoms with Crippen LogP contribution in [0.2, 0.25) is 0 Å². The lowest BCUT2D eigenvalue weighted by molar-refractivity contribution is 1.05. The second-order valence-corrected chi connectivity index (χ2v) is 4.20. The van der Waals surface area contributed by atoms with Crippen LogP contribution in [0.1, 0.15) is 5.69 Å². The first kappa shape index (κ1) is 9.29. The second kappa shape index (κ2) is 3.90. The molecule has 0 amide bonds. The van der Waals surface area contributed by atoms with Gasteiger partial charge in [0.05, 0.1) is 28.8 Å². The molecule has 0 aromatic carbocycles. The largest absolute Gasteiger partial charge is 0.363 e. The van der Waals surface area contributed by atoms with Gasteiger partial charge in [0.1, 0.15) is 12.1 Å². The maximum atomic E-state index is 4.23. The molecular formula is C10H9N5S. The fraction of sp³-hybridized carbons (Fsp3) is 0.100. The van der Waals surface area contributed by atoms with Crippen molar-refractivity contribution in [3.63, 3.8) is 0 Å².